The van der Waals surface area contributed by atoms with E-state index in [0.29, 0.717) is 17.5 Å². The summed E-state index contributed by atoms with van der Waals surface area (Å²) in [5.74, 6) is 0.524. The third kappa shape index (κ3) is 2.66. The number of nitrogens with zero attached hydrogens (tertiary/aromatic N) is 1. The third-order valence-corrected chi connectivity index (χ3v) is 5.24. The van der Waals surface area contributed by atoms with Gasteiger partial charge in [-0.25, -0.2) is 4.39 Å². The number of nitrogens with one attached hydrogen (secondary N) is 1. The minimum Gasteiger partial charge on any atom is -0.330 e. The van der Waals surface area contributed by atoms with Crippen LogP contribution in [0.2, 0.25) is 0 Å². The Kier molecular flexibility index (Phi) is 4.16. The lowest BCUT2D eigenvalue weighted by molar-refractivity contribution is 0.245. The molecule has 0 radical (unpaired) electrons. The highest BCUT2D eigenvalue weighted by atomic mass is 32.1. The van der Waals surface area contributed by atoms with Gasteiger partial charge in [0.1, 0.15) is 5.82 Å². The zero-order valence-electron chi connectivity index (χ0n) is 12.8. The number of rotatable bonds is 3. The van der Waals surface area contributed by atoms with Crippen molar-refractivity contribution in [2.75, 3.05) is 0 Å². The molecule has 1 aliphatic rings. The van der Waals surface area contributed by atoms with Crippen molar-refractivity contribution in [1.82, 2.24) is 9.55 Å². The molecule has 1 aromatic heterocycles. The van der Waals surface area contributed by atoms with E-state index in [4.69, 9.17) is 12.2 Å². The normalized spacial score (nSPS) is 18.2. The van der Waals surface area contributed by atoms with E-state index < -0.39 is 0 Å². The van der Waals surface area contributed by atoms with Crippen LogP contribution in [0, 0.1) is 23.4 Å². The number of aromatic amines is 1. The van der Waals surface area contributed by atoms with Crippen LogP contribution in [0.1, 0.15) is 57.1 Å². The molecule has 2 aromatic rings. The number of halogens is 1. The van der Waals surface area contributed by atoms with E-state index in [9.17, 15) is 4.39 Å². The van der Waals surface area contributed by atoms with Crippen LogP contribution in [0.3, 0.4) is 0 Å². The highest BCUT2D eigenvalue weighted by Crippen LogP contribution is 2.37. The Morgan fingerprint density at radius 1 is 1.33 bits per heavy atom. The van der Waals surface area contributed by atoms with Gasteiger partial charge in [-0.05, 0) is 62.0 Å². The smallest absolute Gasteiger partial charge is 0.178 e. The molecule has 1 N–H and O–H groups in total. The molecule has 0 aliphatic heterocycles. The largest absolute Gasteiger partial charge is 0.330 e. The summed E-state index contributed by atoms with van der Waals surface area (Å²) in [6.07, 6.45) is 7.65. The fraction of sp³-hybridized carbons (Fsp3) is 0.588. The fourth-order valence-electron chi connectivity index (χ4n) is 3.83. The average Bonchev–Trinajstić information content (AvgIpc) is 2.78. The second-order valence-electron chi connectivity index (χ2n) is 6.29. The fourth-order valence-corrected chi connectivity index (χ4v) is 4.17. The zero-order valence-corrected chi connectivity index (χ0v) is 13.6. The Bertz CT molecular complexity index is 695. The molecule has 1 aliphatic carbocycles. The van der Waals surface area contributed by atoms with Crippen LogP contribution < -0.4 is 0 Å². The van der Waals surface area contributed by atoms with E-state index in [1.807, 2.05) is 13.0 Å². The number of aromatic nitrogens is 2. The van der Waals surface area contributed by atoms with Gasteiger partial charge in [-0.3, -0.25) is 0 Å². The molecule has 1 unspecified atom stereocenters. The lowest BCUT2D eigenvalue weighted by Crippen LogP contribution is -2.21. The van der Waals surface area contributed by atoms with Gasteiger partial charge in [0, 0.05) is 6.04 Å². The molecule has 3 rings (SSSR count). The van der Waals surface area contributed by atoms with Crippen molar-refractivity contribution >= 4 is 23.3 Å². The molecular weight excluding hydrogens is 283 g/mol. The van der Waals surface area contributed by atoms with Gasteiger partial charge in [0.2, 0.25) is 0 Å². The molecule has 2 nitrogen and oxygen atoms in total. The predicted octanol–water partition coefficient (Wildman–Crippen LogP) is 5.68. The first-order valence-electron chi connectivity index (χ1n) is 8.02. The van der Waals surface area contributed by atoms with Crippen LogP contribution in [0.25, 0.3) is 11.0 Å². The Morgan fingerprint density at radius 2 is 2.05 bits per heavy atom. The van der Waals surface area contributed by atoms with Gasteiger partial charge in [-0.2, -0.15) is 0 Å². The topological polar surface area (TPSA) is 20.7 Å². The van der Waals surface area contributed by atoms with E-state index in [0.717, 1.165) is 22.2 Å². The van der Waals surface area contributed by atoms with Gasteiger partial charge in [-0.15, -0.1) is 0 Å². The summed E-state index contributed by atoms with van der Waals surface area (Å²) < 4.78 is 16.7. The Morgan fingerprint density at radius 3 is 2.71 bits per heavy atom. The predicted molar refractivity (Wildman–Crippen MR) is 87.7 cm³/mol. The van der Waals surface area contributed by atoms with Crippen molar-refractivity contribution in [1.29, 1.82) is 0 Å². The van der Waals surface area contributed by atoms with Crippen molar-refractivity contribution in [3.8, 4) is 0 Å². The van der Waals surface area contributed by atoms with Gasteiger partial charge in [0.25, 0.3) is 0 Å². The number of H-pyrrole nitrogens is 1. The summed E-state index contributed by atoms with van der Waals surface area (Å²) in [6, 6.07) is 3.93. The summed E-state index contributed by atoms with van der Waals surface area (Å²) >= 11 is 5.54. The van der Waals surface area contributed by atoms with Crippen LogP contribution in [0.15, 0.2) is 12.1 Å². The minimum atomic E-state index is -0.170. The summed E-state index contributed by atoms with van der Waals surface area (Å²) in [4.78, 5) is 3.19. The van der Waals surface area contributed by atoms with Crippen molar-refractivity contribution in [2.24, 2.45) is 5.92 Å². The first-order valence-corrected chi connectivity index (χ1v) is 8.43. The van der Waals surface area contributed by atoms with Crippen LogP contribution >= 0.6 is 12.2 Å². The lowest BCUT2D eigenvalue weighted by Gasteiger charge is -2.31. The van der Waals surface area contributed by atoms with Crippen LogP contribution in [0.4, 0.5) is 4.39 Å². The Hall–Kier alpha value is -1.16. The molecule has 1 fully saturated rings. The Balaban J connectivity index is 2.11. The van der Waals surface area contributed by atoms with E-state index in [-0.39, 0.29) is 5.82 Å². The summed E-state index contributed by atoms with van der Waals surface area (Å²) in [6.45, 7) is 4.05. The zero-order chi connectivity index (χ0) is 15.0. The molecule has 0 saturated heterocycles. The van der Waals surface area contributed by atoms with E-state index in [1.165, 1.54) is 32.1 Å². The second kappa shape index (κ2) is 5.91. The van der Waals surface area contributed by atoms with E-state index in [1.54, 1.807) is 6.07 Å². The third-order valence-electron chi connectivity index (χ3n) is 4.94. The van der Waals surface area contributed by atoms with Crippen molar-refractivity contribution in [3.05, 3.63) is 28.3 Å². The Labute approximate surface area is 130 Å². The summed E-state index contributed by atoms with van der Waals surface area (Å²) in [5, 5.41) is 0. The van der Waals surface area contributed by atoms with Gasteiger partial charge in [-0.1, -0.05) is 26.2 Å². The minimum absolute atomic E-state index is 0.170. The average molecular weight is 306 g/mol. The van der Waals surface area contributed by atoms with Crippen LogP contribution in [-0.4, -0.2) is 9.55 Å². The molecule has 4 heteroatoms. The van der Waals surface area contributed by atoms with Gasteiger partial charge >= 0.3 is 0 Å². The number of aryl methyl sites for hydroxylation is 1. The maximum atomic E-state index is 13.8. The maximum Gasteiger partial charge on any atom is 0.178 e. The first kappa shape index (κ1) is 14.8. The molecule has 0 bridgehead atoms. The van der Waals surface area contributed by atoms with Crippen molar-refractivity contribution < 1.29 is 4.39 Å². The van der Waals surface area contributed by atoms with Crippen LogP contribution in [0.5, 0.6) is 0 Å². The maximum absolute atomic E-state index is 13.8. The highest BCUT2D eigenvalue weighted by molar-refractivity contribution is 7.71. The monoisotopic (exact) mass is 306 g/mol. The van der Waals surface area contributed by atoms with Gasteiger partial charge < -0.3 is 9.55 Å². The van der Waals surface area contributed by atoms with E-state index >= 15 is 0 Å². The second-order valence-corrected chi connectivity index (χ2v) is 6.68. The molecule has 21 heavy (non-hydrogen) atoms. The van der Waals surface area contributed by atoms with Crippen molar-refractivity contribution in [3.63, 3.8) is 0 Å². The molecule has 0 spiro atoms. The quantitative estimate of drug-likeness (QED) is 0.724. The van der Waals surface area contributed by atoms with Crippen LogP contribution in [-0.2, 0) is 0 Å². The SMILES string of the molecule is CCC(C1CCCCC1)n1c(=S)[nH]c2cc(F)c(C)cc21. The lowest BCUT2D eigenvalue weighted by atomic mass is 9.82. The molecule has 1 aromatic carbocycles. The number of hydrogen-bond donors (Lipinski definition) is 1. The molecule has 1 saturated carbocycles. The number of fused-ring (bicyclic) bond motifs is 1. The van der Waals surface area contributed by atoms with Gasteiger partial charge in [0.05, 0.1) is 11.0 Å². The number of benzene rings is 1. The molecular formula is C17H23FN2S. The molecule has 0 amide bonds. The highest BCUT2D eigenvalue weighted by Gasteiger charge is 2.25. The summed E-state index contributed by atoms with van der Waals surface area (Å²) in [7, 11) is 0. The number of imidazole rings is 1. The van der Waals surface area contributed by atoms with E-state index in [2.05, 4.69) is 16.5 Å². The molecule has 1 heterocycles. The standard InChI is InChI=1S/C17H23FN2S/c1-3-15(12-7-5-4-6-8-12)20-16-9-11(2)13(18)10-14(16)19-17(20)21/h9-10,12,15H,3-8H2,1-2H3,(H,19,21). The summed E-state index contributed by atoms with van der Waals surface area (Å²) in [5.41, 5.74) is 2.55. The number of hydrogen-bond acceptors (Lipinski definition) is 1. The van der Waals surface area contributed by atoms with Crippen molar-refractivity contribution in [2.45, 2.75) is 58.4 Å². The van der Waals surface area contributed by atoms with Gasteiger partial charge in [0.15, 0.2) is 4.77 Å². The molecule has 114 valence electrons. The first-order chi connectivity index (χ1) is 10.1. The molecule has 1 atom stereocenters.